The van der Waals surface area contributed by atoms with Gasteiger partial charge in [0.2, 0.25) is 0 Å². The van der Waals surface area contributed by atoms with Gasteiger partial charge in [0, 0.05) is 23.7 Å². The van der Waals surface area contributed by atoms with Gasteiger partial charge in [0.05, 0.1) is 23.6 Å². The SMILES string of the molecule is Cc1ccc2oc(=O)cc(C3CN(c4ccc(C)c(C)c4)Cn4c3nc3ccccc34)c2c1. The van der Waals surface area contributed by atoms with Gasteiger partial charge in [0.25, 0.3) is 0 Å². The van der Waals surface area contributed by atoms with Crippen LogP contribution in [0.2, 0.25) is 0 Å². The second kappa shape index (κ2) is 7.34. The van der Waals surface area contributed by atoms with Gasteiger partial charge in [0.15, 0.2) is 0 Å². The van der Waals surface area contributed by atoms with Crippen LogP contribution in [0.3, 0.4) is 0 Å². The van der Waals surface area contributed by atoms with Crippen molar-refractivity contribution in [1.82, 2.24) is 9.55 Å². The lowest BCUT2D eigenvalue weighted by molar-refractivity contribution is 0.516. The summed E-state index contributed by atoms with van der Waals surface area (Å²) in [6.45, 7) is 7.80. The summed E-state index contributed by atoms with van der Waals surface area (Å²) in [5.41, 5.74) is 8.20. The first-order chi connectivity index (χ1) is 16.0. The van der Waals surface area contributed by atoms with E-state index < -0.39 is 0 Å². The van der Waals surface area contributed by atoms with Crippen molar-refractivity contribution >= 4 is 27.7 Å². The lowest BCUT2D eigenvalue weighted by Gasteiger charge is -2.36. The molecule has 5 aromatic rings. The van der Waals surface area contributed by atoms with Crippen LogP contribution in [0.5, 0.6) is 0 Å². The first-order valence-electron chi connectivity index (χ1n) is 11.3. The first kappa shape index (κ1) is 19.8. The Labute approximate surface area is 191 Å². The van der Waals surface area contributed by atoms with E-state index in [-0.39, 0.29) is 11.5 Å². The lowest BCUT2D eigenvalue weighted by Crippen LogP contribution is -2.38. The number of hydrogen-bond donors (Lipinski definition) is 0. The van der Waals surface area contributed by atoms with Crippen LogP contribution >= 0.6 is 0 Å². The maximum Gasteiger partial charge on any atom is 0.336 e. The number of nitrogens with zero attached hydrogens (tertiary/aromatic N) is 3. The van der Waals surface area contributed by atoms with Gasteiger partial charge in [-0.3, -0.25) is 0 Å². The van der Waals surface area contributed by atoms with Gasteiger partial charge >= 0.3 is 5.63 Å². The molecule has 1 aliphatic rings. The highest BCUT2D eigenvalue weighted by Crippen LogP contribution is 2.37. The average Bonchev–Trinajstić information content (AvgIpc) is 3.19. The highest BCUT2D eigenvalue weighted by Gasteiger charge is 2.32. The van der Waals surface area contributed by atoms with Crippen LogP contribution in [-0.4, -0.2) is 16.1 Å². The molecule has 0 N–H and O–H groups in total. The Morgan fingerprint density at radius 2 is 1.79 bits per heavy atom. The number of aryl methyl sites for hydroxylation is 3. The molecule has 0 saturated heterocycles. The van der Waals surface area contributed by atoms with Crippen LogP contribution in [0.15, 0.2) is 75.9 Å². The summed E-state index contributed by atoms with van der Waals surface area (Å²) < 4.78 is 7.83. The predicted molar refractivity (Wildman–Crippen MR) is 132 cm³/mol. The van der Waals surface area contributed by atoms with Crippen LogP contribution in [0.25, 0.3) is 22.0 Å². The Kier molecular flexibility index (Phi) is 4.40. The minimum Gasteiger partial charge on any atom is -0.423 e. The number of benzene rings is 3. The molecule has 3 aromatic carbocycles. The number of hydrogen-bond acceptors (Lipinski definition) is 4. The van der Waals surface area contributed by atoms with E-state index in [2.05, 4.69) is 72.7 Å². The van der Waals surface area contributed by atoms with Gasteiger partial charge < -0.3 is 13.9 Å². The molecule has 0 saturated carbocycles. The molecule has 164 valence electrons. The Hall–Kier alpha value is -3.86. The average molecular weight is 436 g/mol. The zero-order chi connectivity index (χ0) is 22.7. The molecule has 5 heteroatoms. The third-order valence-electron chi connectivity index (χ3n) is 6.87. The van der Waals surface area contributed by atoms with Crippen molar-refractivity contribution in [3.05, 3.63) is 105 Å². The minimum atomic E-state index is -0.327. The Balaban J connectivity index is 1.60. The minimum absolute atomic E-state index is 0.0684. The number of para-hydroxylation sites is 2. The lowest BCUT2D eigenvalue weighted by atomic mass is 9.92. The molecule has 0 aliphatic carbocycles. The Morgan fingerprint density at radius 3 is 2.64 bits per heavy atom. The highest BCUT2D eigenvalue weighted by molar-refractivity contribution is 5.83. The summed E-state index contributed by atoms with van der Waals surface area (Å²) in [6.07, 6.45) is 0. The Bertz CT molecular complexity index is 1590. The van der Waals surface area contributed by atoms with E-state index in [1.807, 2.05) is 18.2 Å². The van der Waals surface area contributed by atoms with Gasteiger partial charge in [0.1, 0.15) is 11.4 Å². The van der Waals surface area contributed by atoms with E-state index in [0.717, 1.165) is 39.9 Å². The van der Waals surface area contributed by atoms with Crippen molar-refractivity contribution < 1.29 is 4.42 Å². The van der Waals surface area contributed by atoms with Gasteiger partial charge in [-0.2, -0.15) is 0 Å². The fourth-order valence-electron chi connectivity index (χ4n) is 4.98. The number of anilines is 1. The fraction of sp³-hybridized carbons (Fsp3) is 0.214. The summed E-state index contributed by atoms with van der Waals surface area (Å²) in [4.78, 5) is 20.0. The molecule has 5 nitrogen and oxygen atoms in total. The maximum atomic E-state index is 12.5. The van der Waals surface area contributed by atoms with E-state index in [1.54, 1.807) is 6.07 Å². The summed E-state index contributed by atoms with van der Waals surface area (Å²) in [5, 5.41) is 0.972. The predicted octanol–water partition coefficient (Wildman–Crippen LogP) is 5.68. The van der Waals surface area contributed by atoms with Crippen LogP contribution in [0, 0.1) is 20.8 Å². The van der Waals surface area contributed by atoms with Crippen molar-refractivity contribution in [1.29, 1.82) is 0 Å². The topological polar surface area (TPSA) is 51.3 Å². The van der Waals surface area contributed by atoms with E-state index in [4.69, 9.17) is 9.40 Å². The summed E-state index contributed by atoms with van der Waals surface area (Å²) in [5.74, 6) is 0.922. The molecular weight excluding hydrogens is 410 g/mol. The highest BCUT2D eigenvalue weighted by atomic mass is 16.4. The van der Waals surface area contributed by atoms with Gasteiger partial charge in [-0.1, -0.05) is 29.8 Å². The molecule has 1 atom stereocenters. The second-order valence-electron chi connectivity index (χ2n) is 9.09. The molecule has 0 radical (unpaired) electrons. The van der Waals surface area contributed by atoms with Gasteiger partial charge in [-0.25, -0.2) is 9.78 Å². The van der Waals surface area contributed by atoms with Crippen molar-refractivity contribution in [3.63, 3.8) is 0 Å². The molecule has 0 spiro atoms. The van der Waals surface area contributed by atoms with Crippen molar-refractivity contribution in [3.8, 4) is 0 Å². The third kappa shape index (κ3) is 3.23. The molecule has 0 bridgehead atoms. The van der Waals surface area contributed by atoms with E-state index in [0.29, 0.717) is 12.3 Å². The molecule has 1 unspecified atom stereocenters. The Morgan fingerprint density at radius 1 is 0.939 bits per heavy atom. The molecule has 2 aromatic heterocycles. The quantitative estimate of drug-likeness (QED) is 0.335. The van der Waals surface area contributed by atoms with E-state index in [9.17, 15) is 4.79 Å². The monoisotopic (exact) mass is 435 g/mol. The number of aromatic nitrogens is 2. The fourth-order valence-corrected chi connectivity index (χ4v) is 4.98. The zero-order valence-corrected chi connectivity index (χ0v) is 19.0. The van der Waals surface area contributed by atoms with Crippen LogP contribution < -0.4 is 10.5 Å². The molecular formula is C28H25N3O2. The van der Waals surface area contributed by atoms with Crippen molar-refractivity contribution in [2.75, 3.05) is 11.4 Å². The number of imidazole rings is 1. The smallest absolute Gasteiger partial charge is 0.336 e. The summed E-state index contributed by atoms with van der Waals surface area (Å²) in [6, 6.07) is 22.5. The van der Waals surface area contributed by atoms with Crippen LogP contribution in [0.4, 0.5) is 5.69 Å². The third-order valence-corrected chi connectivity index (χ3v) is 6.87. The normalized spacial score (nSPS) is 15.8. The molecule has 1 aliphatic heterocycles. The molecule has 33 heavy (non-hydrogen) atoms. The van der Waals surface area contributed by atoms with Gasteiger partial charge in [-0.05, 0) is 73.9 Å². The molecule has 3 heterocycles. The van der Waals surface area contributed by atoms with Crippen molar-refractivity contribution in [2.45, 2.75) is 33.4 Å². The van der Waals surface area contributed by atoms with E-state index >= 15 is 0 Å². The molecule has 0 fully saturated rings. The number of rotatable bonds is 2. The standard InChI is InChI=1S/C28H25N3O2/c1-17-8-11-26-22(12-17)21(14-27(32)33-26)23-15-30(20-10-9-18(2)19(3)13-20)16-31-25-7-5-4-6-24(25)29-28(23)31/h4-14,23H,15-16H2,1-3H3. The van der Waals surface area contributed by atoms with E-state index in [1.165, 1.54) is 16.8 Å². The maximum absolute atomic E-state index is 12.5. The molecule has 0 amide bonds. The van der Waals surface area contributed by atoms with Crippen LogP contribution in [0.1, 0.15) is 34.0 Å². The zero-order valence-electron chi connectivity index (χ0n) is 19.0. The first-order valence-corrected chi connectivity index (χ1v) is 11.3. The van der Waals surface area contributed by atoms with Gasteiger partial charge in [-0.15, -0.1) is 0 Å². The van der Waals surface area contributed by atoms with Crippen molar-refractivity contribution in [2.24, 2.45) is 0 Å². The summed E-state index contributed by atoms with van der Waals surface area (Å²) in [7, 11) is 0. The second-order valence-corrected chi connectivity index (χ2v) is 9.09. The summed E-state index contributed by atoms with van der Waals surface area (Å²) >= 11 is 0. The largest absolute Gasteiger partial charge is 0.423 e. The van der Waals surface area contributed by atoms with Crippen LogP contribution in [-0.2, 0) is 6.67 Å². The number of fused-ring (bicyclic) bond motifs is 4. The molecule has 6 rings (SSSR count).